The molecule has 6 heteroatoms. The number of H-pyrrole nitrogens is 1. The molecule has 0 radical (unpaired) electrons. The molecular weight excluding hydrogens is 218 g/mol. The molecule has 1 amide bonds. The predicted molar refractivity (Wildman–Crippen MR) is 62.0 cm³/mol. The fraction of sp³-hybridized carbons (Fsp3) is 0.727. The molecule has 1 aliphatic heterocycles. The van der Waals surface area contributed by atoms with Gasteiger partial charge in [0.05, 0.1) is 0 Å². The molecule has 0 spiro atoms. The number of fused-ring (bicyclic) bond motifs is 1. The summed E-state index contributed by atoms with van der Waals surface area (Å²) < 4.78 is 0. The van der Waals surface area contributed by atoms with E-state index >= 15 is 0 Å². The number of hydrogen-bond acceptors (Lipinski definition) is 4. The van der Waals surface area contributed by atoms with Crippen molar-refractivity contribution in [2.75, 3.05) is 5.32 Å². The van der Waals surface area contributed by atoms with Gasteiger partial charge in [-0.15, -0.1) is 0 Å². The van der Waals surface area contributed by atoms with Crippen LogP contribution in [-0.2, 0) is 4.79 Å². The lowest BCUT2D eigenvalue weighted by Crippen LogP contribution is -2.52. The summed E-state index contributed by atoms with van der Waals surface area (Å²) in [5.41, 5.74) is 0. The van der Waals surface area contributed by atoms with E-state index in [0.717, 1.165) is 12.8 Å². The van der Waals surface area contributed by atoms with Gasteiger partial charge in [0.25, 0.3) is 0 Å². The van der Waals surface area contributed by atoms with Gasteiger partial charge in [-0.05, 0) is 25.2 Å². The fourth-order valence-electron chi connectivity index (χ4n) is 3.01. The molecule has 1 saturated heterocycles. The molecular formula is C11H17N5O. The van der Waals surface area contributed by atoms with Crippen molar-refractivity contribution < 1.29 is 4.79 Å². The molecule has 2 heterocycles. The van der Waals surface area contributed by atoms with E-state index in [4.69, 9.17) is 0 Å². The molecule has 6 nitrogen and oxygen atoms in total. The molecule has 1 aliphatic carbocycles. The van der Waals surface area contributed by atoms with E-state index in [0.29, 0.717) is 11.9 Å². The maximum absolute atomic E-state index is 12.0. The normalized spacial score (nSPS) is 32.7. The summed E-state index contributed by atoms with van der Waals surface area (Å²) >= 11 is 0. The zero-order chi connectivity index (χ0) is 11.7. The quantitative estimate of drug-likeness (QED) is 0.710. The van der Waals surface area contributed by atoms with Crippen LogP contribution < -0.4 is 10.6 Å². The summed E-state index contributed by atoms with van der Waals surface area (Å²) in [6, 6.07) is 0. The zero-order valence-corrected chi connectivity index (χ0v) is 9.65. The molecule has 1 saturated carbocycles. The van der Waals surface area contributed by atoms with Crippen molar-refractivity contribution in [2.45, 2.75) is 38.3 Å². The van der Waals surface area contributed by atoms with Gasteiger partial charge >= 0.3 is 0 Å². The van der Waals surface area contributed by atoms with Crippen LogP contribution in [0.4, 0.5) is 5.95 Å². The Kier molecular flexibility index (Phi) is 2.70. The number of rotatable bonds is 2. The highest BCUT2D eigenvalue weighted by atomic mass is 16.2. The number of carbonyl (C=O) groups excluding carboxylic acids is 1. The van der Waals surface area contributed by atoms with E-state index in [9.17, 15) is 4.79 Å². The van der Waals surface area contributed by atoms with Crippen LogP contribution in [0.5, 0.6) is 0 Å². The molecule has 0 aromatic carbocycles. The zero-order valence-electron chi connectivity index (χ0n) is 9.65. The van der Waals surface area contributed by atoms with Crippen molar-refractivity contribution in [3.63, 3.8) is 0 Å². The average molecular weight is 235 g/mol. The predicted octanol–water partition coefficient (Wildman–Crippen LogP) is 0.869. The highest BCUT2D eigenvalue weighted by Gasteiger charge is 2.37. The summed E-state index contributed by atoms with van der Waals surface area (Å²) in [4.78, 5) is 16.0. The molecule has 0 bridgehead atoms. The highest BCUT2D eigenvalue weighted by molar-refractivity contribution is 5.80. The topological polar surface area (TPSA) is 82.7 Å². The molecule has 3 N–H and O–H groups in total. The monoisotopic (exact) mass is 235 g/mol. The summed E-state index contributed by atoms with van der Waals surface area (Å²) in [6.07, 6.45) is 7.08. The average Bonchev–Trinajstić information content (AvgIpc) is 2.82. The summed E-state index contributed by atoms with van der Waals surface area (Å²) in [5, 5.41) is 12.7. The van der Waals surface area contributed by atoms with Gasteiger partial charge in [-0.2, -0.15) is 10.1 Å². The number of nitrogens with one attached hydrogen (secondary N) is 3. The number of aromatic amines is 1. The minimum atomic E-state index is -0.0187. The second-order valence-corrected chi connectivity index (χ2v) is 4.93. The van der Waals surface area contributed by atoms with Gasteiger partial charge in [0, 0.05) is 5.92 Å². The largest absolute Gasteiger partial charge is 0.336 e. The van der Waals surface area contributed by atoms with Crippen LogP contribution in [0, 0.1) is 11.8 Å². The van der Waals surface area contributed by atoms with Gasteiger partial charge in [0.2, 0.25) is 11.9 Å². The van der Waals surface area contributed by atoms with Crippen molar-refractivity contribution in [2.24, 2.45) is 11.8 Å². The molecule has 92 valence electrons. The van der Waals surface area contributed by atoms with E-state index in [2.05, 4.69) is 25.8 Å². The number of nitrogens with zero attached hydrogens (tertiary/aromatic N) is 2. The number of carbonyl (C=O) groups is 1. The second-order valence-electron chi connectivity index (χ2n) is 4.93. The standard InChI is InChI=1S/C11H17N5O/c17-10-8-4-2-1-3-7(8)5-9(14-10)15-11-12-6-13-16-11/h6-9H,1-5H2,(H,14,17)(H2,12,13,15,16). The Hall–Kier alpha value is -1.59. The maximum Gasteiger partial charge on any atom is 0.224 e. The van der Waals surface area contributed by atoms with Crippen LogP contribution in [0.2, 0.25) is 0 Å². The molecule has 1 aromatic heterocycles. The van der Waals surface area contributed by atoms with Crippen LogP contribution in [0.15, 0.2) is 6.33 Å². The number of amides is 1. The van der Waals surface area contributed by atoms with Gasteiger partial charge in [-0.1, -0.05) is 12.8 Å². The summed E-state index contributed by atoms with van der Waals surface area (Å²) in [6.45, 7) is 0. The minimum absolute atomic E-state index is 0.0187. The third kappa shape index (κ3) is 2.11. The van der Waals surface area contributed by atoms with Crippen LogP contribution >= 0.6 is 0 Å². The van der Waals surface area contributed by atoms with Gasteiger partial charge < -0.3 is 10.6 Å². The van der Waals surface area contributed by atoms with Gasteiger partial charge in [0.15, 0.2) is 0 Å². The van der Waals surface area contributed by atoms with E-state index in [1.165, 1.54) is 25.6 Å². The number of piperidine rings is 1. The Morgan fingerprint density at radius 1 is 1.35 bits per heavy atom. The van der Waals surface area contributed by atoms with Crippen molar-refractivity contribution in [3.8, 4) is 0 Å². The van der Waals surface area contributed by atoms with E-state index in [1.54, 1.807) is 0 Å². The molecule has 17 heavy (non-hydrogen) atoms. The Labute approximate surface area is 99.6 Å². The lowest BCUT2D eigenvalue weighted by molar-refractivity contribution is -0.131. The van der Waals surface area contributed by atoms with E-state index in [1.807, 2.05) is 0 Å². The van der Waals surface area contributed by atoms with Crippen LogP contribution in [0.1, 0.15) is 32.1 Å². The van der Waals surface area contributed by atoms with Crippen LogP contribution in [-0.4, -0.2) is 27.3 Å². The fourth-order valence-corrected chi connectivity index (χ4v) is 3.01. The molecule has 3 atom stereocenters. The van der Waals surface area contributed by atoms with Crippen LogP contribution in [0.3, 0.4) is 0 Å². The van der Waals surface area contributed by atoms with Gasteiger partial charge in [0.1, 0.15) is 12.5 Å². The Bertz CT molecular complexity index is 391. The third-order valence-electron chi connectivity index (χ3n) is 3.83. The first-order valence-electron chi connectivity index (χ1n) is 6.25. The van der Waals surface area contributed by atoms with Gasteiger partial charge in [-0.25, -0.2) is 5.10 Å². The van der Waals surface area contributed by atoms with Gasteiger partial charge in [-0.3, -0.25) is 4.79 Å². The lowest BCUT2D eigenvalue weighted by Gasteiger charge is -2.38. The SMILES string of the molecule is O=C1NC(Nc2ncn[nH]2)CC2CCCCC12. The Balaban J connectivity index is 1.66. The van der Waals surface area contributed by atoms with E-state index < -0.39 is 0 Å². The number of anilines is 1. The minimum Gasteiger partial charge on any atom is -0.336 e. The van der Waals surface area contributed by atoms with Crippen LogP contribution in [0.25, 0.3) is 0 Å². The Morgan fingerprint density at radius 3 is 3.06 bits per heavy atom. The first kappa shape index (κ1) is 10.6. The maximum atomic E-state index is 12.0. The van der Waals surface area contributed by atoms with Crippen molar-refractivity contribution in [1.29, 1.82) is 0 Å². The first-order valence-corrected chi connectivity index (χ1v) is 6.25. The molecule has 3 rings (SSSR count). The van der Waals surface area contributed by atoms with Crippen molar-refractivity contribution in [1.82, 2.24) is 20.5 Å². The smallest absolute Gasteiger partial charge is 0.224 e. The highest BCUT2D eigenvalue weighted by Crippen LogP contribution is 2.35. The first-order chi connectivity index (χ1) is 8.33. The second kappa shape index (κ2) is 4.35. The number of hydrogen-bond donors (Lipinski definition) is 3. The molecule has 2 aliphatic rings. The molecule has 3 unspecified atom stereocenters. The third-order valence-corrected chi connectivity index (χ3v) is 3.83. The van der Waals surface area contributed by atoms with Crippen molar-refractivity contribution in [3.05, 3.63) is 6.33 Å². The number of aromatic nitrogens is 3. The molecule has 1 aromatic rings. The summed E-state index contributed by atoms with van der Waals surface area (Å²) in [5.74, 6) is 1.57. The Morgan fingerprint density at radius 2 is 2.24 bits per heavy atom. The van der Waals surface area contributed by atoms with E-state index in [-0.39, 0.29) is 18.0 Å². The van der Waals surface area contributed by atoms with Crippen molar-refractivity contribution >= 4 is 11.9 Å². The molecule has 2 fully saturated rings. The lowest BCUT2D eigenvalue weighted by atomic mass is 9.74. The summed E-state index contributed by atoms with van der Waals surface area (Å²) in [7, 11) is 0.